The van der Waals surface area contributed by atoms with Crippen LogP contribution in [0.15, 0.2) is 54.1 Å². The monoisotopic (exact) mass is 376 g/mol. The topological polar surface area (TPSA) is 46.5 Å². The van der Waals surface area contributed by atoms with Crippen LogP contribution < -0.4 is 0 Å². The van der Waals surface area contributed by atoms with Gasteiger partial charge in [-0.3, -0.25) is 0 Å². The highest BCUT2D eigenvalue weighted by Gasteiger charge is 2.16. The normalized spacial score (nSPS) is 14.3. The fourth-order valence-electron chi connectivity index (χ4n) is 3.82. The molecule has 3 rings (SSSR count). The molecular weight excluding hydrogens is 348 g/mol. The minimum atomic E-state index is -0.323. The van der Waals surface area contributed by atoms with Gasteiger partial charge in [0, 0.05) is 6.08 Å². The van der Waals surface area contributed by atoms with Crippen molar-refractivity contribution in [1.29, 1.82) is 0 Å². The van der Waals surface area contributed by atoms with Crippen LogP contribution in [0.2, 0.25) is 0 Å². The van der Waals surface area contributed by atoms with E-state index in [1.54, 1.807) is 19.1 Å². The number of aromatic hydroxyl groups is 1. The maximum atomic E-state index is 11.5. The van der Waals surface area contributed by atoms with Gasteiger partial charge in [-0.05, 0) is 85.6 Å². The van der Waals surface area contributed by atoms with E-state index in [9.17, 15) is 9.90 Å². The maximum Gasteiger partial charge on any atom is 0.330 e. The lowest BCUT2D eigenvalue weighted by molar-refractivity contribution is -0.137. The summed E-state index contributed by atoms with van der Waals surface area (Å²) in [5, 5.41) is 9.82. The highest BCUT2D eigenvalue weighted by molar-refractivity contribution is 5.87. The number of hydrogen-bond acceptors (Lipinski definition) is 3. The zero-order chi connectivity index (χ0) is 19.9. The van der Waals surface area contributed by atoms with Crippen LogP contribution in [0.3, 0.4) is 0 Å². The van der Waals surface area contributed by atoms with Gasteiger partial charge in [0.2, 0.25) is 0 Å². The molecule has 1 saturated carbocycles. The number of carbonyl (C=O) groups is 1. The molecule has 1 fully saturated rings. The molecule has 0 spiro atoms. The van der Waals surface area contributed by atoms with Crippen molar-refractivity contribution >= 4 is 17.6 Å². The lowest BCUT2D eigenvalue weighted by atomic mass is 9.83. The van der Waals surface area contributed by atoms with Crippen molar-refractivity contribution in [3.63, 3.8) is 0 Å². The van der Waals surface area contributed by atoms with Crippen LogP contribution in [0.4, 0.5) is 0 Å². The fourth-order valence-corrected chi connectivity index (χ4v) is 3.82. The first-order chi connectivity index (χ1) is 13.6. The smallest absolute Gasteiger partial charge is 0.330 e. The summed E-state index contributed by atoms with van der Waals surface area (Å²) in [6.45, 7) is 4.23. The molecule has 146 valence electrons. The minimum absolute atomic E-state index is 0.300. The molecule has 0 atom stereocenters. The Morgan fingerprint density at radius 2 is 1.79 bits per heavy atom. The summed E-state index contributed by atoms with van der Waals surface area (Å²) in [6.07, 6.45) is 9.25. The van der Waals surface area contributed by atoms with Crippen LogP contribution in [0.5, 0.6) is 5.75 Å². The number of rotatable bonds is 5. The predicted molar refractivity (Wildman–Crippen MR) is 114 cm³/mol. The molecule has 2 aromatic carbocycles. The molecule has 28 heavy (non-hydrogen) atoms. The van der Waals surface area contributed by atoms with Gasteiger partial charge in [0.1, 0.15) is 5.75 Å². The molecule has 0 amide bonds. The van der Waals surface area contributed by atoms with Gasteiger partial charge in [0.05, 0.1) is 6.61 Å². The molecule has 0 bridgehead atoms. The minimum Gasteiger partial charge on any atom is -0.508 e. The number of carbonyl (C=O) groups excluding carboxylic acids is 1. The number of allylic oxidation sites excluding steroid dienone is 1. The van der Waals surface area contributed by atoms with E-state index >= 15 is 0 Å². The quantitative estimate of drug-likeness (QED) is 0.511. The van der Waals surface area contributed by atoms with Crippen molar-refractivity contribution < 1.29 is 14.6 Å². The molecule has 0 unspecified atom stereocenters. The van der Waals surface area contributed by atoms with E-state index in [0.29, 0.717) is 12.4 Å². The second-order valence-corrected chi connectivity index (χ2v) is 7.25. The van der Waals surface area contributed by atoms with Crippen LogP contribution in [0.25, 0.3) is 11.6 Å². The maximum absolute atomic E-state index is 11.5. The van der Waals surface area contributed by atoms with E-state index in [1.807, 2.05) is 24.3 Å². The van der Waals surface area contributed by atoms with Crippen molar-refractivity contribution in [1.82, 2.24) is 0 Å². The first-order valence-electron chi connectivity index (χ1n) is 10.1. The number of aryl methyl sites for hydroxylation is 1. The Morgan fingerprint density at radius 1 is 1.07 bits per heavy atom. The molecule has 3 heteroatoms. The SMILES string of the molecule is CCOC(=O)C=Cc1ccc(C(=C2CCCCC2)c2ccc(O)cc2C)cc1. The number of esters is 1. The molecule has 1 aliphatic rings. The zero-order valence-corrected chi connectivity index (χ0v) is 16.7. The van der Waals surface area contributed by atoms with Crippen LogP contribution in [-0.2, 0) is 9.53 Å². The highest BCUT2D eigenvalue weighted by Crippen LogP contribution is 2.37. The molecule has 0 radical (unpaired) electrons. The summed E-state index contributed by atoms with van der Waals surface area (Å²) < 4.78 is 4.93. The molecule has 2 aromatic rings. The van der Waals surface area contributed by atoms with Crippen LogP contribution in [0.1, 0.15) is 61.3 Å². The summed E-state index contributed by atoms with van der Waals surface area (Å²) in [4.78, 5) is 11.5. The van der Waals surface area contributed by atoms with Gasteiger partial charge in [0.15, 0.2) is 0 Å². The van der Waals surface area contributed by atoms with Crippen LogP contribution >= 0.6 is 0 Å². The first-order valence-corrected chi connectivity index (χ1v) is 10.1. The Labute approximate surface area is 167 Å². The van der Waals surface area contributed by atoms with Gasteiger partial charge in [-0.2, -0.15) is 0 Å². The standard InChI is InChI=1S/C25H28O3/c1-3-28-24(27)16-11-19-9-12-21(13-10-19)25(20-7-5-4-6-8-20)23-15-14-22(26)17-18(23)2/h9-17,26H,3-8H2,1-2H3. The van der Waals surface area contributed by atoms with Gasteiger partial charge >= 0.3 is 5.97 Å². The fraction of sp³-hybridized carbons (Fsp3) is 0.320. The number of benzene rings is 2. The number of ether oxygens (including phenoxy) is 1. The van der Waals surface area contributed by atoms with E-state index in [2.05, 4.69) is 19.1 Å². The van der Waals surface area contributed by atoms with Crippen LogP contribution in [-0.4, -0.2) is 17.7 Å². The lowest BCUT2D eigenvalue weighted by Gasteiger charge is -2.21. The van der Waals surface area contributed by atoms with E-state index in [0.717, 1.165) is 24.0 Å². The average Bonchev–Trinajstić information content (AvgIpc) is 2.70. The summed E-state index contributed by atoms with van der Waals surface area (Å²) in [5.74, 6) is -0.0231. The largest absolute Gasteiger partial charge is 0.508 e. The van der Waals surface area contributed by atoms with Crippen molar-refractivity contribution in [2.75, 3.05) is 6.61 Å². The van der Waals surface area contributed by atoms with Gasteiger partial charge in [-0.25, -0.2) is 4.79 Å². The number of hydrogen-bond donors (Lipinski definition) is 1. The number of phenols is 1. The molecule has 0 heterocycles. The Bertz CT molecular complexity index is 881. The second-order valence-electron chi connectivity index (χ2n) is 7.25. The summed E-state index contributed by atoms with van der Waals surface area (Å²) >= 11 is 0. The van der Waals surface area contributed by atoms with E-state index in [-0.39, 0.29) is 5.97 Å². The van der Waals surface area contributed by atoms with Crippen molar-refractivity contribution in [3.8, 4) is 5.75 Å². The molecule has 1 N–H and O–H groups in total. The number of phenolic OH excluding ortho intramolecular Hbond substituents is 1. The lowest BCUT2D eigenvalue weighted by Crippen LogP contribution is -2.02. The van der Waals surface area contributed by atoms with Gasteiger partial charge in [0.25, 0.3) is 0 Å². The van der Waals surface area contributed by atoms with Crippen molar-refractivity contribution in [2.24, 2.45) is 0 Å². The van der Waals surface area contributed by atoms with Gasteiger partial charge < -0.3 is 9.84 Å². The Morgan fingerprint density at radius 3 is 2.43 bits per heavy atom. The molecule has 0 aromatic heterocycles. The van der Waals surface area contributed by atoms with E-state index < -0.39 is 0 Å². The summed E-state index contributed by atoms with van der Waals surface area (Å²) in [7, 11) is 0. The molecule has 0 saturated heterocycles. The van der Waals surface area contributed by atoms with E-state index in [1.165, 1.54) is 47.6 Å². The molecule has 0 aliphatic heterocycles. The third-order valence-electron chi connectivity index (χ3n) is 5.19. The van der Waals surface area contributed by atoms with Crippen molar-refractivity contribution in [2.45, 2.75) is 46.0 Å². The molecular formula is C25H28O3. The zero-order valence-electron chi connectivity index (χ0n) is 16.7. The summed E-state index contributed by atoms with van der Waals surface area (Å²) in [5.41, 5.74) is 7.20. The second kappa shape index (κ2) is 9.41. The molecule has 3 nitrogen and oxygen atoms in total. The van der Waals surface area contributed by atoms with Gasteiger partial charge in [-0.1, -0.05) is 42.3 Å². The average molecular weight is 376 g/mol. The van der Waals surface area contributed by atoms with Crippen molar-refractivity contribution in [3.05, 3.63) is 76.4 Å². The Hall–Kier alpha value is -2.81. The molecule has 1 aliphatic carbocycles. The highest BCUT2D eigenvalue weighted by atomic mass is 16.5. The first kappa shape index (κ1) is 19.9. The third kappa shape index (κ3) is 4.92. The van der Waals surface area contributed by atoms with Crippen LogP contribution in [0, 0.1) is 6.92 Å². The van der Waals surface area contributed by atoms with Gasteiger partial charge in [-0.15, -0.1) is 0 Å². The Balaban J connectivity index is 1.96. The van der Waals surface area contributed by atoms with E-state index in [4.69, 9.17) is 4.74 Å². The summed E-state index contributed by atoms with van der Waals surface area (Å²) in [6, 6.07) is 13.9. The third-order valence-corrected chi connectivity index (χ3v) is 5.19. The predicted octanol–water partition coefficient (Wildman–Crippen LogP) is 6.04. The Kier molecular flexibility index (Phi) is 6.70.